The number of fused-ring (bicyclic) bond motifs is 2. The van der Waals surface area contributed by atoms with E-state index in [9.17, 15) is 13.2 Å². The molecule has 1 aliphatic heterocycles. The first kappa shape index (κ1) is 25.8. The van der Waals surface area contributed by atoms with Crippen LogP contribution in [0.3, 0.4) is 0 Å². The minimum absolute atomic E-state index is 0.00317. The van der Waals surface area contributed by atoms with Gasteiger partial charge in [-0.1, -0.05) is 33.6 Å². The molecule has 36 heavy (non-hydrogen) atoms. The fraction of sp³-hybridized carbons (Fsp3) is 0.520. The molecular formula is C25H30BrClN4O4S. The zero-order valence-electron chi connectivity index (χ0n) is 20.4. The number of alkyl halides is 1. The lowest BCUT2D eigenvalue weighted by Gasteiger charge is -2.21. The Labute approximate surface area is 224 Å². The summed E-state index contributed by atoms with van der Waals surface area (Å²) < 4.78 is 35.9. The van der Waals surface area contributed by atoms with Crippen molar-refractivity contribution in [1.29, 1.82) is 0 Å². The zero-order chi connectivity index (χ0) is 25.6. The molecule has 194 valence electrons. The zero-order valence-corrected chi connectivity index (χ0v) is 23.6. The lowest BCUT2D eigenvalue weighted by atomic mass is 9.98. The van der Waals surface area contributed by atoms with Crippen molar-refractivity contribution < 1.29 is 17.9 Å². The summed E-state index contributed by atoms with van der Waals surface area (Å²) in [6.45, 7) is 4.51. The Hall–Kier alpha value is -1.88. The molecule has 5 rings (SSSR count). The number of aryl methyl sites for hydroxylation is 3. The van der Waals surface area contributed by atoms with E-state index < -0.39 is 16.0 Å². The fourth-order valence-electron chi connectivity index (χ4n) is 5.30. The highest BCUT2D eigenvalue weighted by molar-refractivity contribution is 9.09. The molecule has 2 aliphatic rings. The number of sulfonamides is 1. The number of aromatic amines is 1. The molecule has 1 aliphatic carbocycles. The Bertz CT molecular complexity index is 1430. The maximum Gasteiger partial charge on any atom is 0.355 e. The quantitative estimate of drug-likeness (QED) is 0.311. The molecule has 0 radical (unpaired) electrons. The van der Waals surface area contributed by atoms with Crippen LogP contribution in [-0.4, -0.2) is 57.2 Å². The number of ether oxygens (including phenoxy) is 1. The summed E-state index contributed by atoms with van der Waals surface area (Å²) >= 11 is 10.4. The van der Waals surface area contributed by atoms with Crippen molar-refractivity contribution in [3.05, 3.63) is 39.8 Å². The smallest absolute Gasteiger partial charge is 0.355 e. The lowest BCUT2D eigenvalue weighted by Crippen LogP contribution is -2.35. The first-order valence-corrected chi connectivity index (χ1v) is 15.5. The maximum absolute atomic E-state index is 13.4. The number of nitrogens with zero attached hydrogens (tertiary/aromatic N) is 3. The molecule has 0 atom stereocenters. The Morgan fingerprint density at radius 3 is 2.78 bits per heavy atom. The van der Waals surface area contributed by atoms with Crippen molar-refractivity contribution >= 4 is 54.4 Å². The molecule has 1 fully saturated rings. The standard InChI is InChI=1S/C25H30BrClN4O4S/c1-3-35-25(32)24-17(6-4-11-26)18-9-10-19(27)22-21-15(2)28-29-20(21)14-31(16-7-8-16)36(33,34)13-5-12-30(24)23(18)22/h9-10,16H,3-8,11-14H2,1-2H3,(H,28,29). The van der Waals surface area contributed by atoms with E-state index >= 15 is 0 Å². The molecule has 0 bridgehead atoms. The third-order valence-corrected chi connectivity index (χ3v) is 9.80. The second-order valence-corrected chi connectivity index (χ2v) is 12.7. The second-order valence-electron chi connectivity index (χ2n) is 9.43. The number of hydrogen-bond donors (Lipinski definition) is 1. The van der Waals surface area contributed by atoms with E-state index in [2.05, 4.69) is 26.1 Å². The van der Waals surface area contributed by atoms with Crippen LogP contribution >= 0.6 is 27.5 Å². The summed E-state index contributed by atoms with van der Waals surface area (Å²) in [5.41, 5.74) is 5.25. The molecular weight excluding hydrogens is 568 g/mol. The van der Waals surface area contributed by atoms with Gasteiger partial charge < -0.3 is 9.30 Å². The number of nitrogens with one attached hydrogen (secondary N) is 1. The SMILES string of the molecule is CCOC(=O)c1c(CCCBr)c2ccc(Cl)c3c2n1CCCS(=O)(=O)N(C1CC1)Cc1n[nH]c(C)c1-3. The normalized spacial score (nSPS) is 18.1. The molecule has 1 aromatic carbocycles. The van der Waals surface area contributed by atoms with Crippen molar-refractivity contribution in [2.45, 2.75) is 65.1 Å². The van der Waals surface area contributed by atoms with E-state index in [1.165, 1.54) is 0 Å². The third-order valence-electron chi connectivity index (χ3n) is 6.98. The predicted molar refractivity (Wildman–Crippen MR) is 144 cm³/mol. The van der Waals surface area contributed by atoms with Crippen molar-refractivity contribution in [3.8, 4) is 11.1 Å². The van der Waals surface area contributed by atoms with Crippen LogP contribution in [0.4, 0.5) is 0 Å². The van der Waals surface area contributed by atoms with Gasteiger partial charge in [0.05, 0.1) is 35.1 Å². The van der Waals surface area contributed by atoms with Gasteiger partial charge in [-0.15, -0.1) is 0 Å². The van der Waals surface area contributed by atoms with Gasteiger partial charge in [0.1, 0.15) is 5.69 Å². The van der Waals surface area contributed by atoms with E-state index in [0.29, 0.717) is 35.8 Å². The van der Waals surface area contributed by atoms with Gasteiger partial charge in [-0.2, -0.15) is 9.40 Å². The van der Waals surface area contributed by atoms with Gasteiger partial charge in [-0.25, -0.2) is 13.2 Å². The van der Waals surface area contributed by atoms with E-state index in [0.717, 1.165) is 57.9 Å². The van der Waals surface area contributed by atoms with Crippen LogP contribution in [0.2, 0.25) is 5.02 Å². The fourth-order valence-corrected chi connectivity index (χ4v) is 7.54. The molecule has 3 aromatic rings. The predicted octanol–water partition coefficient (Wildman–Crippen LogP) is 5.20. The summed E-state index contributed by atoms with van der Waals surface area (Å²) in [4.78, 5) is 13.3. The van der Waals surface area contributed by atoms with Crippen LogP contribution in [0.15, 0.2) is 12.1 Å². The molecule has 0 saturated heterocycles. The number of rotatable bonds is 6. The number of esters is 1. The third kappa shape index (κ3) is 4.50. The Balaban J connectivity index is 1.83. The summed E-state index contributed by atoms with van der Waals surface area (Å²) in [5, 5.41) is 9.86. The summed E-state index contributed by atoms with van der Waals surface area (Å²) in [7, 11) is -3.52. The molecule has 8 nitrogen and oxygen atoms in total. The van der Waals surface area contributed by atoms with E-state index in [-0.39, 0.29) is 24.9 Å². The van der Waals surface area contributed by atoms with E-state index in [1.807, 2.05) is 23.6 Å². The highest BCUT2D eigenvalue weighted by Crippen LogP contribution is 2.43. The number of H-pyrrole nitrogens is 1. The number of benzene rings is 1. The van der Waals surface area contributed by atoms with Gasteiger partial charge in [0.15, 0.2) is 0 Å². The number of carbonyl (C=O) groups is 1. The number of aromatic nitrogens is 3. The first-order chi connectivity index (χ1) is 17.3. The van der Waals surface area contributed by atoms with Crippen LogP contribution in [0, 0.1) is 6.92 Å². The average molecular weight is 598 g/mol. The average Bonchev–Trinajstić information content (AvgIpc) is 3.54. The van der Waals surface area contributed by atoms with Crippen molar-refractivity contribution in [1.82, 2.24) is 19.1 Å². The highest BCUT2D eigenvalue weighted by atomic mass is 79.9. The Morgan fingerprint density at radius 1 is 1.31 bits per heavy atom. The van der Waals surface area contributed by atoms with Crippen LogP contribution < -0.4 is 0 Å². The molecule has 0 spiro atoms. The monoisotopic (exact) mass is 596 g/mol. The number of carbonyl (C=O) groups excluding carboxylic acids is 1. The van der Waals surface area contributed by atoms with Crippen LogP contribution in [0.1, 0.15) is 60.0 Å². The van der Waals surface area contributed by atoms with E-state index in [1.54, 1.807) is 11.2 Å². The van der Waals surface area contributed by atoms with Gasteiger partial charge in [0.25, 0.3) is 0 Å². The summed E-state index contributed by atoms with van der Waals surface area (Å²) in [6.07, 6.45) is 3.60. The largest absolute Gasteiger partial charge is 0.461 e. The van der Waals surface area contributed by atoms with Gasteiger partial charge in [-0.3, -0.25) is 5.10 Å². The minimum Gasteiger partial charge on any atom is -0.461 e. The maximum atomic E-state index is 13.4. The first-order valence-electron chi connectivity index (χ1n) is 12.4. The second kappa shape index (κ2) is 10.1. The molecule has 0 amide bonds. The van der Waals surface area contributed by atoms with Crippen molar-refractivity contribution in [2.24, 2.45) is 0 Å². The van der Waals surface area contributed by atoms with Gasteiger partial charge >= 0.3 is 5.97 Å². The molecule has 0 unspecified atom stereocenters. The minimum atomic E-state index is -3.52. The van der Waals surface area contributed by atoms with Crippen LogP contribution in [-0.2, 0) is 34.3 Å². The molecule has 11 heteroatoms. The van der Waals surface area contributed by atoms with Gasteiger partial charge in [0, 0.05) is 40.1 Å². The number of hydrogen-bond acceptors (Lipinski definition) is 5. The molecule has 2 aromatic heterocycles. The number of halogens is 2. The highest BCUT2D eigenvalue weighted by Gasteiger charge is 2.39. The Kier molecular flexibility index (Phi) is 7.24. The topological polar surface area (TPSA) is 97.3 Å². The van der Waals surface area contributed by atoms with Gasteiger partial charge in [-0.05, 0) is 57.6 Å². The summed E-state index contributed by atoms with van der Waals surface area (Å²) in [5.74, 6) is -0.404. The van der Waals surface area contributed by atoms with Crippen LogP contribution in [0.25, 0.3) is 22.0 Å². The summed E-state index contributed by atoms with van der Waals surface area (Å²) in [6, 6.07) is 3.84. The Morgan fingerprint density at radius 2 is 2.08 bits per heavy atom. The molecule has 1 saturated carbocycles. The van der Waals surface area contributed by atoms with Crippen molar-refractivity contribution in [2.75, 3.05) is 17.7 Å². The molecule has 3 heterocycles. The molecule has 1 N–H and O–H groups in total. The van der Waals surface area contributed by atoms with Gasteiger partial charge in [0.2, 0.25) is 10.0 Å². The van der Waals surface area contributed by atoms with Crippen molar-refractivity contribution in [3.63, 3.8) is 0 Å². The lowest BCUT2D eigenvalue weighted by molar-refractivity contribution is 0.0513. The van der Waals surface area contributed by atoms with Crippen LogP contribution in [0.5, 0.6) is 0 Å². The van der Waals surface area contributed by atoms with E-state index in [4.69, 9.17) is 16.3 Å².